The molecule has 0 aliphatic heterocycles. The van der Waals surface area contributed by atoms with Crippen LogP contribution >= 0.6 is 12.6 Å². The van der Waals surface area contributed by atoms with Crippen molar-refractivity contribution in [3.63, 3.8) is 0 Å². The summed E-state index contributed by atoms with van der Waals surface area (Å²) in [6.07, 6.45) is 19.4. The maximum Gasteiger partial charge on any atom is 0.316 e. The standard InChI is InChI=1S/C18H36O2S/c1-2-3-4-5-6-7-8-9-10-11-12-13-14-15-16-17(21)18(19)20/h17,21H,2-16H2,1H3,(H,19,20). The number of hydrogen-bond acceptors (Lipinski definition) is 2. The summed E-state index contributed by atoms with van der Waals surface area (Å²) in [6.45, 7) is 2.27. The zero-order valence-electron chi connectivity index (χ0n) is 14.0. The first-order valence-corrected chi connectivity index (χ1v) is 9.61. The van der Waals surface area contributed by atoms with Gasteiger partial charge in [-0.05, 0) is 6.42 Å². The van der Waals surface area contributed by atoms with Gasteiger partial charge < -0.3 is 5.11 Å². The molecule has 0 heterocycles. The molecule has 0 aromatic heterocycles. The first kappa shape index (κ1) is 20.8. The number of carboxylic acids is 1. The summed E-state index contributed by atoms with van der Waals surface area (Å²) in [7, 11) is 0. The van der Waals surface area contributed by atoms with Gasteiger partial charge in [0.2, 0.25) is 0 Å². The van der Waals surface area contributed by atoms with E-state index in [1.807, 2.05) is 0 Å². The van der Waals surface area contributed by atoms with E-state index in [4.69, 9.17) is 5.11 Å². The molecular weight excluding hydrogens is 280 g/mol. The van der Waals surface area contributed by atoms with E-state index >= 15 is 0 Å². The topological polar surface area (TPSA) is 37.3 Å². The van der Waals surface area contributed by atoms with Crippen LogP contribution in [-0.4, -0.2) is 16.3 Å². The van der Waals surface area contributed by atoms with Crippen molar-refractivity contribution in [2.24, 2.45) is 0 Å². The minimum absolute atomic E-state index is 0.470. The number of carbonyl (C=O) groups is 1. The van der Waals surface area contributed by atoms with Gasteiger partial charge in [0.25, 0.3) is 0 Å². The van der Waals surface area contributed by atoms with Crippen LogP contribution in [0.5, 0.6) is 0 Å². The highest BCUT2D eigenvalue weighted by molar-refractivity contribution is 7.81. The maximum absolute atomic E-state index is 10.6. The number of unbranched alkanes of at least 4 members (excludes halogenated alkanes) is 13. The second-order valence-electron chi connectivity index (χ2n) is 6.24. The van der Waals surface area contributed by atoms with Crippen LogP contribution in [0.15, 0.2) is 0 Å². The van der Waals surface area contributed by atoms with Crippen LogP contribution in [0.2, 0.25) is 0 Å². The summed E-state index contributed by atoms with van der Waals surface area (Å²) in [5.74, 6) is -0.784. The van der Waals surface area contributed by atoms with Crippen molar-refractivity contribution < 1.29 is 9.90 Å². The summed E-state index contributed by atoms with van der Waals surface area (Å²) >= 11 is 4.04. The lowest BCUT2D eigenvalue weighted by atomic mass is 10.0. The molecule has 126 valence electrons. The summed E-state index contributed by atoms with van der Waals surface area (Å²) in [4.78, 5) is 10.6. The molecule has 0 spiro atoms. The van der Waals surface area contributed by atoms with Gasteiger partial charge in [0.1, 0.15) is 0 Å². The van der Waals surface area contributed by atoms with Gasteiger partial charge >= 0.3 is 5.97 Å². The Labute approximate surface area is 137 Å². The Kier molecular flexibility index (Phi) is 16.1. The largest absolute Gasteiger partial charge is 0.480 e. The van der Waals surface area contributed by atoms with Crippen molar-refractivity contribution in [3.8, 4) is 0 Å². The molecule has 0 rings (SSSR count). The Morgan fingerprint density at radius 2 is 1.10 bits per heavy atom. The van der Waals surface area contributed by atoms with Crippen LogP contribution in [0.1, 0.15) is 103 Å². The van der Waals surface area contributed by atoms with Gasteiger partial charge in [-0.25, -0.2) is 0 Å². The van der Waals surface area contributed by atoms with E-state index < -0.39 is 11.2 Å². The van der Waals surface area contributed by atoms with Crippen LogP contribution in [-0.2, 0) is 4.79 Å². The number of thiol groups is 1. The van der Waals surface area contributed by atoms with Crippen molar-refractivity contribution >= 4 is 18.6 Å². The number of hydrogen-bond donors (Lipinski definition) is 2. The molecule has 0 aliphatic rings. The van der Waals surface area contributed by atoms with Crippen LogP contribution < -0.4 is 0 Å². The third-order valence-corrected chi connectivity index (χ3v) is 4.60. The van der Waals surface area contributed by atoms with Crippen molar-refractivity contribution in [1.82, 2.24) is 0 Å². The molecule has 0 saturated carbocycles. The summed E-state index contributed by atoms with van der Waals surface area (Å²) in [5, 5.41) is 8.24. The van der Waals surface area contributed by atoms with Crippen LogP contribution in [0.25, 0.3) is 0 Å². The number of aliphatic carboxylic acids is 1. The molecule has 1 N–H and O–H groups in total. The van der Waals surface area contributed by atoms with Gasteiger partial charge in [0.05, 0.1) is 5.25 Å². The van der Waals surface area contributed by atoms with E-state index in [0.29, 0.717) is 6.42 Å². The highest BCUT2D eigenvalue weighted by atomic mass is 32.1. The predicted octanol–water partition coefficient (Wildman–Crippen LogP) is 6.24. The zero-order valence-corrected chi connectivity index (χ0v) is 14.9. The Balaban J connectivity index is 3.04. The van der Waals surface area contributed by atoms with Crippen molar-refractivity contribution in [2.75, 3.05) is 0 Å². The van der Waals surface area contributed by atoms with Crippen molar-refractivity contribution in [2.45, 2.75) is 108 Å². The molecule has 0 saturated heterocycles. The fraction of sp³-hybridized carbons (Fsp3) is 0.944. The van der Waals surface area contributed by atoms with Crippen LogP contribution in [0, 0.1) is 0 Å². The SMILES string of the molecule is CCCCCCCCCCCCCCCCC(S)C(=O)O. The lowest BCUT2D eigenvalue weighted by molar-refractivity contribution is -0.136. The predicted molar refractivity (Wildman–Crippen MR) is 95.3 cm³/mol. The summed E-state index contributed by atoms with van der Waals surface area (Å²) < 4.78 is 0. The van der Waals surface area contributed by atoms with Gasteiger partial charge in [-0.1, -0.05) is 96.8 Å². The molecule has 21 heavy (non-hydrogen) atoms. The molecule has 0 bridgehead atoms. The molecule has 0 amide bonds. The number of rotatable bonds is 16. The van der Waals surface area contributed by atoms with E-state index in [0.717, 1.165) is 12.8 Å². The minimum Gasteiger partial charge on any atom is -0.480 e. The fourth-order valence-corrected chi connectivity index (χ4v) is 2.84. The highest BCUT2D eigenvalue weighted by Crippen LogP contribution is 2.14. The molecule has 1 atom stereocenters. The second kappa shape index (κ2) is 16.2. The highest BCUT2D eigenvalue weighted by Gasteiger charge is 2.10. The quantitative estimate of drug-likeness (QED) is 0.261. The van der Waals surface area contributed by atoms with Gasteiger partial charge in [0, 0.05) is 0 Å². The molecule has 0 aromatic carbocycles. The minimum atomic E-state index is -0.784. The smallest absolute Gasteiger partial charge is 0.316 e. The lowest BCUT2D eigenvalue weighted by Gasteiger charge is -2.05. The fourth-order valence-electron chi connectivity index (χ4n) is 2.66. The molecule has 3 heteroatoms. The lowest BCUT2D eigenvalue weighted by Crippen LogP contribution is -2.12. The monoisotopic (exact) mass is 316 g/mol. The van der Waals surface area contributed by atoms with Gasteiger partial charge in [0.15, 0.2) is 0 Å². The Hall–Kier alpha value is -0.180. The average molecular weight is 317 g/mol. The Morgan fingerprint density at radius 3 is 1.43 bits per heavy atom. The molecule has 0 fully saturated rings. The van der Waals surface area contributed by atoms with Crippen molar-refractivity contribution in [3.05, 3.63) is 0 Å². The average Bonchev–Trinajstić information content (AvgIpc) is 2.47. The molecule has 0 aromatic rings. The number of carboxylic acid groups (broad SMARTS) is 1. The normalized spacial score (nSPS) is 12.5. The van der Waals surface area contributed by atoms with E-state index in [1.54, 1.807) is 0 Å². The molecular formula is C18H36O2S. The molecule has 0 aliphatic carbocycles. The Bertz CT molecular complexity index is 231. The molecule has 0 radical (unpaired) electrons. The van der Waals surface area contributed by atoms with Crippen molar-refractivity contribution in [1.29, 1.82) is 0 Å². The zero-order chi connectivity index (χ0) is 15.8. The van der Waals surface area contributed by atoms with Gasteiger partial charge in [-0.3, -0.25) is 4.79 Å². The third-order valence-electron chi connectivity index (χ3n) is 4.12. The second-order valence-corrected chi connectivity index (χ2v) is 6.86. The Morgan fingerprint density at radius 1 is 0.762 bits per heavy atom. The van der Waals surface area contributed by atoms with Crippen LogP contribution in [0.4, 0.5) is 0 Å². The van der Waals surface area contributed by atoms with E-state index in [2.05, 4.69) is 19.6 Å². The van der Waals surface area contributed by atoms with E-state index in [9.17, 15) is 4.79 Å². The van der Waals surface area contributed by atoms with Gasteiger partial charge in [-0.15, -0.1) is 0 Å². The third kappa shape index (κ3) is 16.0. The maximum atomic E-state index is 10.6. The molecule has 2 nitrogen and oxygen atoms in total. The first-order valence-electron chi connectivity index (χ1n) is 9.09. The van der Waals surface area contributed by atoms with E-state index in [1.165, 1.54) is 77.0 Å². The summed E-state index contributed by atoms with van der Waals surface area (Å²) in [5.41, 5.74) is 0. The summed E-state index contributed by atoms with van der Waals surface area (Å²) in [6, 6.07) is 0. The first-order chi connectivity index (χ1) is 10.2. The van der Waals surface area contributed by atoms with Crippen LogP contribution in [0.3, 0.4) is 0 Å². The molecule has 1 unspecified atom stereocenters. The van der Waals surface area contributed by atoms with E-state index in [-0.39, 0.29) is 0 Å². The van der Waals surface area contributed by atoms with Gasteiger partial charge in [-0.2, -0.15) is 12.6 Å².